The third-order valence-corrected chi connectivity index (χ3v) is 2.05. The maximum absolute atomic E-state index is 11.6. The molecule has 0 bridgehead atoms. The van der Waals surface area contributed by atoms with Crippen molar-refractivity contribution in [2.45, 2.75) is 45.7 Å². The highest BCUT2D eigenvalue weighted by Crippen LogP contribution is 2.02. The lowest BCUT2D eigenvalue weighted by molar-refractivity contribution is -0.146. The zero-order chi connectivity index (χ0) is 13.3. The van der Waals surface area contributed by atoms with Gasteiger partial charge in [0.2, 0.25) is 0 Å². The largest absolute Gasteiger partial charge is 0.465 e. The van der Waals surface area contributed by atoms with Gasteiger partial charge >= 0.3 is 5.97 Å². The molecule has 0 aliphatic rings. The zero-order valence-corrected chi connectivity index (χ0v) is 10.9. The van der Waals surface area contributed by atoms with Crippen molar-refractivity contribution in [3.8, 4) is 0 Å². The molecule has 0 saturated carbocycles. The quantitative estimate of drug-likeness (QED) is 0.241. The van der Waals surface area contributed by atoms with Crippen LogP contribution in [0.1, 0.15) is 33.6 Å². The second-order valence-electron chi connectivity index (χ2n) is 4.07. The number of carbonyl (C=O) groups is 1. The summed E-state index contributed by atoms with van der Waals surface area (Å²) in [7, 11) is 0. The van der Waals surface area contributed by atoms with Crippen LogP contribution in [0.2, 0.25) is 0 Å². The summed E-state index contributed by atoms with van der Waals surface area (Å²) in [5.41, 5.74) is 10.4. The standard InChI is InChI=1S/C11H24N4O2/c1-4-17-10(16)9(15-8(2)3)6-5-7-14-11(12)13/h8-9,15H,4-7H2,1-3H3,(H4,12,13,14). The molecule has 17 heavy (non-hydrogen) atoms. The van der Waals surface area contributed by atoms with E-state index in [2.05, 4.69) is 10.3 Å². The van der Waals surface area contributed by atoms with Crippen molar-refractivity contribution in [2.24, 2.45) is 16.5 Å². The van der Waals surface area contributed by atoms with Gasteiger partial charge in [-0.25, -0.2) is 0 Å². The van der Waals surface area contributed by atoms with Crippen LogP contribution in [0.25, 0.3) is 0 Å². The second kappa shape index (κ2) is 8.81. The van der Waals surface area contributed by atoms with Gasteiger partial charge in [-0.1, -0.05) is 13.8 Å². The van der Waals surface area contributed by atoms with Gasteiger partial charge in [0.15, 0.2) is 5.96 Å². The summed E-state index contributed by atoms with van der Waals surface area (Å²) in [4.78, 5) is 15.5. The Morgan fingerprint density at radius 1 is 1.41 bits per heavy atom. The molecule has 0 fully saturated rings. The van der Waals surface area contributed by atoms with Crippen LogP contribution >= 0.6 is 0 Å². The van der Waals surface area contributed by atoms with Crippen LogP contribution in [0, 0.1) is 0 Å². The summed E-state index contributed by atoms with van der Waals surface area (Å²) in [6.07, 6.45) is 1.40. The summed E-state index contributed by atoms with van der Waals surface area (Å²) in [5.74, 6) is -0.139. The molecule has 6 heteroatoms. The summed E-state index contributed by atoms with van der Waals surface area (Å²) in [5, 5.41) is 3.17. The number of nitrogens with one attached hydrogen (secondary N) is 1. The van der Waals surface area contributed by atoms with Crippen LogP contribution in [0.3, 0.4) is 0 Å². The first-order chi connectivity index (χ1) is 7.97. The van der Waals surface area contributed by atoms with Gasteiger partial charge in [0.25, 0.3) is 0 Å². The van der Waals surface area contributed by atoms with Crippen LogP contribution in [0.15, 0.2) is 4.99 Å². The van der Waals surface area contributed by atoms with Gasteiger partial charge in [0.1, 0.15) is 6.04 Å². The maximum atomic E-state index is 11.6. The van der Waals surface area contributed by atoms with Gasteiger partial charge in [0.05, 0.1) is 6.61 Å². The smallest absolute Gasteiger partial charge is 0.323 e. The lowest BCUT2D eigenvalue weighted by Crippen LogP contribution is -2.42. The number of nitrogens with zero attached hydrogens (tertiary/aromatic N) is 1. The average Bonchev–Trinajstić information content (AvgIpc) is 2.22. The molecule has 0 amide bonds. The highest BCUT2D eigenvalue weighted by molar-refractivity contribution is 5.76. The number of ether oxygens (including phenoxy) is 1. The highest BCUT2D eigenvalue weighted by atomic mass is 16.5. The molecule has 0 aromatic heterocycles. The van der Waals surface area contributed by atoms with E-state index in [0.29, 0.717) is 19.6 Å². The monoisotopic (exact) mass is 244 g/mol. The van der Waals surface area contributed by atoms with Gasteiger partial charge in [-0.2, -0.15) is 0 Å². The Morgan fingerprint density at radius 3 is 2.53 bits per heavy atom. The first-order valence-electron chi connectivity index (χ1n) is 5.95. The minimum absolute atomic E-state index is 0.0782. The fourth-order valence-electron chi connectivity index (χ4n) is 1.42. The highest BCUT2D eigenvalue weighted by Gasteiger charge is 2.19. The van der Waals surface area contributed by atoms with Crippen molar-refractivity contribution in [3.63, 3.8) is 0 Å². The Labute approximate surface area is 103 Å². The Hall–Kier alpha value is -1.30. The molecular formula is C11H24N4O2. The van der Waals surface area contributed by atoms with E-state index >= 15 is 0 Å². The van der Waals surface area contributed by atoms with Gasteiger partial charge in [0, 0.05) is 12.6 Å². The van der Waals surface area contributed by atoms with E-state index in [4.69, 9.17) is 16.2 Å². The first kappa shape index (κ1) is 15.7. The predicted molar refractivity (Wildman–Crippen MR) is 68.6 cm³/mol. The van der Waals surface area contributed by atoms with E-state index in [1.807, 2.05) is 13.8 Å². The average molecular weight is 244 g/mol. The van der Waals surface area contributed by atoms with E-state index < -0.39 is 0 Å². The number of esters is 1. The van der Waals surface area contributed by atoms with Crippen LogP contribution < -0.4 is 16.8 Å². The molecule has 0 radical (unpaired) electrons. The van der Waals surface area contributed by atoms with Crippen molar-refractivity contribution in [1.82, 2.24) is 5.32 Å². The van der Waals surface area contributed by atoms with E-state index in [-0.39, 0.29) is 24.0 Å². The van der Waals surface area contributed by atoms with Gasteiger partial charge in [-0.15, -0.1) is 0 Å². The molecule has 5 N–H and O–H groups in total. The van der Waals surface area contributed by atoms with E-state index in [9.17, 15) is 4.79 Å². The Bertz CT molecular complexity index is 250. The number of carbonyl (C=O) groups excluding carboxylic acids is 1. The molecule has 1 atom stereocenters. The van der Waals surface area contributed by atoms with E-state index in [0.717, 1.165) is 6.42 Å². The normalized spacial score (nSPS) is 12.2. The third-order valence-electron chi connectivity index (χ3n) is 2.05. The van der Waals surface area contributed by atoms with Crippen molar-refractivity contribution >= 4 is 11.9 Å². The summed E-state index contributed by atoms with van der Waals surface area (Å²) in [6.45, 7) is 6.69. The Morgan fingerprint density at radius 2 is 2.06 bits per heavy atom. The Kier molecular flexibility index (Phi) is 8.13. The van der Waals surface area contributed by atoms with Crippen molar-refractivity contribution in [2.75, 3.05) is 13.2 Å². The minimum atomic E-state index is -0.288. The second-order valence-corrected chi connectivity index (χ2v) is 4.07. The summed E-state index contributed by atoms with van der Waals surface area (Å²) < 4.78 is 5.00. The molecular weight excluding hydrogens is 220 g/mol. The summed E-state index contributed by atoms with van der Waals surface area (Å²) in [6, 6.07) is -0.0587. The number of aliphatic imine (C=N–C) groups is 1. The molecule has 0 aromatic rings. The van der Waals surface area contributed by atoms with Crippen molar-refractivity contribution < 1.29 is 9.53 Å². The van der Waals surface area contributed by atoms with E-state index in [1.54, 1.807) is 6.92 Å². The number of rotatable bonds is 8. The summed E-state index contributed by atoms with van der Waals surface area (Å²) >= 11 is 0. The van der Waals surface area contributed by atoms with Crippen LogP contribution in [0.4, 0.5) is 0 Å². The molecule has 0 rings (SSSR count). The van der Waals surface area contributed by atoms with Crippen molar-refractivity contribution in [1.29, 1.82) is 0 Å². The van der Waals surface area contributed by atoms with E-state index in [1.165, 1.54) is 0 Å². The molecule has 0 aliphatic heterocycles. The molecule has 0 saturated heterocycles. The predicted octanol–water partition coefficient (Wildman–Crippen LogP) is -0.0303. The van der Waals surface area contributed by atoms with Crippen LogP contribution in [-0.4, -0.2) is 37.2 Å². The van der Waals surface area contributed by atoms with Gasteiger partial charge in [-0.3, -0.25) is 9.79 Å². The minimum Gasteiger partial charge on any atom is -0.465 e. The topological polar surface area (TPSA) is 103 Å². The third kappa shape index (κ3) is 8.50. The maximum Gasteiger partial charge on any atom is 0.323 e. The molecule has 100 valence electrons. The number of guanidine groups is 1. The lowest BCUT2D eigenvalue weighted by Gasteiger charge is -2.19. The number of hydrogen-bond donors (Lipinski definition) is 3. The van der Waals surface area contributed by atoms with Crippen molar-refractivity contribution in [3.05, 3.63) is 0 Å². The molecule has 6 nitrogen and oxygen atoms in total. The fourth-order valence-corrected chi connectivity index (χ4v) is 1.42. The first-order valence-corrected chi connectivity index (χ1v) is 5.95. The number of nitrogens with two attached hydrogens (primary N) is 2. The molecule has 0 aromatic carbocycles. The van der Waals surface area contributed by atoms with Gasteiger partial charge in [-0.05, 0) is 19.8 Å². The molecule has 1 unspecified atom stereocenters. The zero-order valence-electron chi connectivity index (χ0n) is 10.9. The van der Waals surface area contributed by atoms with Gasteiger partial charge < -0.3 is 21.5 Å². The fraction of sp³-hybridized carbons (Fsp3) is 0.818. The molecule has 0 aliphatic carbocycles. The Balaban J connectivity index is 4.10. The lowest BCUT2D eigenvalue weighted by atomic mass is 10.1. The van der Waals surface area contributed by atoms with Crippen LogP contribution in [0.5, 0.6) is 0 Å². The molecule has 0 heterocycles. The number of hydrogen-bond acceptors (Lipinski definition) is 4. The SMILES string of the molecule is CCOC(=O)C(CCCN=C(N)N)NC(C)C. The molecule has 0 spiro atoms. The van der Waals surface area contributed by atoms with Crippen LogP contribution in [-0.2, 0) is 9.53 Å².